The number of sulfone groups is 1. The molecule has 0 spiro atoms. The summed E-state index contributed by atoms with van der Waals surface area (Å²) in [4.78, 5) is 13.8. The molecule has 18 heavy (non-hydrogen) atoms. The fourth-order valence-corrected chi connectivity index (χ4v) is 3.12. The van der Waals surface area contributed by atoms with E-state index in [1.54, 1.807) is 30.0 Å². The molecular weight excluding hydrogens is 250 g/mol. The molecule has 0 fully saturated rings. The van der Waals surface area contributed by atoms with Gasteiger partial charge in [-0.2, -0.15) is 0 Å². The third-order valence-corrected chi connectivity index (χ3v) is 5.02. The van der Waals surface area contributed by atoms with Gasteiger partial charge < -0.3 is 4.90 Å². The van der Waals surface area contributed by atoms with Crippen LogP contribution in [0.3, 0.4) is 0 Å². The molecule has 0 unspecified atom stereocenters. The van der Waals surface area contributed by atoms with Crippen molar-refractivity contribution in [3.05, 3.63) is 23.8 Å². The highest BCUT2D eigenvalue weighted by molar-refractivity contribution is 7.91. The van der Waals surface area contributed by atoms with Crippen LogP contribution >= 0.6 is 0 Å². The second kappa shape index (κ2) is 4.72. The van der Waals surface area contributed by atoms with Crippen LogP contribution in [-0.4, -0.2) is 26.6 Å². The first-order valence-corrected chi connectivity index (χ1v) is 7.81. The number of hydrogen-bond donors (Lipinski definition) is 0. The minimum Gasteiger partial charge on any atom is -0.312 e. The predicted octanol–water partition coefficient (Wildman–Crippen LogP) is 1.78. The van der Waals surface area contributed by atoms with Gasteiger partial charge in [-0.05, 0) is 30.2 Å². The van der Waals surface area contributed by atoms with Crippen LogP contribution in [0.15, 0.2) is 23.1 Å². The van der Waals surface area contributed by atoms with Gasteiger partial charge >= 0.3 is 0 Å². The van der Waals surface area contributed by atoms with E-state index in [4.69, 9.17) is 0 Å². The quantitative estimate of drug-likeness (QED) is 0.839. The fraction of sp³-hybridized carbons (Fsp3) is 0.462. The van der Waals surface area contributed by atoms with Crippen molar-refractivity contribution in [2.45, 2.75) is 31.6 Å². The summed E-state index contributed by atoms with van der Waals surface area (Å²) in [5.74, 6) is 0.184. The SMILES string of the molecule is CCC(=O)N1CCc2cc(S(=O)(=O)CC)ccc21. The third kappa shape index (κ3) is 2.14. The minimum absolute atomic E-state index is 0.0832. The molecule has 1 aromatic rings. The standard InChI is InChI=1S/C13H17NO3S/c1-3-13(15)14-8-7-10-9-11(5-6-12(10)14)18(16,17)4-2/h5-6,9H,3-4,7-8H2,1-2H3. The molecule has 1 heterocycles. The maximum Gasteiger partial charge on any atom is 0.226 e. The van der Waals surface area contributed by atoms with Gasteiger partial charge in [-0.25, -0.2) is 8.42 Å². The molecule has 4 nitrogen and oxygen atoms in total. The molecule has 1 amide bonds. The van der Waals surface area contributed by atoms with Gasteiger partial charge in [0.05, 0.1) is 10.6 Å². The number of carbonyl (C=O) groups is 1. The third-order valence-electron chi connectivity index (χ3n) is 3.29. The predicted molar refractivity (Wildman–Crippen MR) is 70.5 cm³/mol. The highest BCUT2D eigenvalue weighted by Crippen LogP contribution is 2.30. The summed E-state index contributed by atoms with van der Waals surface area (Å²) in [6, 6.07) is 5.05. The molecule has 5 heteroatoms. The Bertz CT molecular complexity index is 578. The van der Waals surface area contributed by atoms with Crippen LogP contribution in [0.2, 0.25) is 0 Å². The first kappa shape index (κ1) is 13.1. The first-order valence-electron chi connectivity index (χ1n) is 6.15. The van der Waals surface area contributed by atoms with Crippen molar-refractivity contribution in [3.63, 3.8) is 0 Å². The normalized spacial score (nSPS) is 14.7. The summed E-state index contributed by atoms with van der Waals surface area (Å²) in [6.45, 7) is 4.11. The lowest BCUT2D eigenvalue weighted by molar-refractivity contribution is -0.118. The number of carbonyl (C=O) groups excluding carboxylic acids is 1. The molecule has 0 saturated carbocycles. The lowest BCUT2D eigenvalue weighted by atomic mass is 10.2. The maximum absolute atomic E-state index is 11.8. The highest BCUT2D eigenvalue weighted by atomic mass is 32.2. The summed E-state index contributed by atoms with van der Waals surface area (Å²) in [5.41, 5.74) is 1.81. The molecule has 0 radical (unpaired) electrons. The summed E-state index contributed by atoms with van der Waals surface area (Å²) in [5, 5.41) is 0. The van der Waals surface area contributed by atoms with E-state index in [1.807, 2.05) is 6.92 Å². The van der Waals surface area contributed by atoms with Crippen LogP contribution < -0.4 is 4.90 Å². The zero-order valence-corrected chi connectivity index (χ0v) is 11.5. The molecule has 2 rings (SSSR count). The molecule has 0 N–H and O–H groups in total. The fourth-order valence-electron chi connectivity index (χ4n) is 2.19. The Balaban J connectivity index is 2.40. The van der Waals surface area contributed by atoms with Crippen molar-refractivity contribution in [2.75, 3.05) is 17.2 Å². The van der Waals surface area contributed by atoms with Gasteiger partial charge in [-0.15, -0.1) is 0 Å². The van der Waals surface area contributed by atoms with Gasteiger partial charge in [0.25, 0.3) is 0 Å². The number of hydrogen-bond acceptors (Lipinski definition) is 3. The Morgan fingerprint density at radius 1 is 1.33 bits per heavy atom. The zero-order valence-electron chi connectivity index (χ0n) is 10.6. The van der Waals surface area contributed by atoms with Gasteiger partial charge in [0.2, 0.25) is 5.91 Å². The Hall–Kier alpha value is -1.36. The second-order valence-electron chi connectivity index (χ2n) is 4.34. The van der Waals surface area contributed by atoms with Gasteiger partial charge in [0.1, 0.15) is 0 Å². The van der Waals surface area contributed by atoms with Crippen LogP contribution in [0, 0.1) is 0 Å². The average Bonchev–Trinajstić information content (AvgIpc) is 2.80. The molecular formula is C13H17NO3S. The molecule has 0 aromatic heterocycles. The smallest absolute Gasteiger partial charge is 0.226 e. The van der Waals surface area contributed by atoms with Crippen molar-refractivity contribution in [1.82, 2.24) is 0 Å². The summed E-state index contributed by atoms with van der Waals surface area (Å²) < 4.78 is 23.6. The molecule has 0 saturated heterocycles. The van der Waals surface area contributed by atoms with Gasteiger partial charge in [0.15, 0.2) is 9.84 Å². The van der Waals surface area contributed by atoms with Crippen LogP contribution in [0.25, 0.3) is 0 Å². The van der Waals surface area contributed by atoms with Crippen LogP contribution in [0.1, 0.15) is 25.8 Å². The number of fused-ring (bicyclic) bond motifs is 1. The summed E-state index contributed by atoms with van der Waals surface area (Å²) in [6.07, 6.45) is 1.20. The monoisotopic (exact) mass is 267 g/mol. The average molecular weight is 267 g/mol. The summed E-state index contributed by atoms with van der Waals surface area (Å²) >= 11 is 0. The van der Waals surface area contributed by atoms with Crippen molar-refractivity contribution in [3.8, 4) is 0 Å². The number of anilines is 1. The van der Waals surface area contributed by atoms with Crippen LogP contribution in [-0.2, 0) is 21.1 Å². The van der Waals surface area contributed by atoms with Gasteiger partial charge in [-0.3, -0.25) is 4.79 Å². The van der Waals surface area contributed by atoms with Crippen molar-refractivity contribution in [1.29, 1.82) is 0 Å². The Labute approximate surface area is 108 Å². The van der Waals surface area contributed by atoms with E-state index in [0.29, 0.717) is 17.9 Å². The van der Waals surface area contributed by atoms with Crippen LogP contribution in [0.5, 0.6) is 0 Å². The van der Waals surface area contributed by atoms with Gasteiger partial charge in [0, 0.05) is 18.7 Å². The topological polar surface area (TPSA) is 54.5 Å². The molecule has 0 atom stereocenters. The lowest BCUT2D eigenvalue weighted by Gasteiger charge is -2.16. The molecule has 98 valence electrons. The highest BCUT2D eigenvalue weighted by Gasteiger charge is 2.25. The zero-order chi connectivity index (χ0) is 13.3. The van der Waals surface area contributed by atoms with E-state index in [-0.39, 0.29) is 11.7 Å². The molecule has 1 aliphatic rings. The Morgan fingerprint density at radius 3 is 2.67 bits per heavy atom. The molecule has 1 aliphatic heterocycles. The summed E-state index contributed by atoms with van der Waals surface area (Å²) in [7, 11) is -3.17. The van der Waals surface area contributed by atoms with Crippen molar-refractivity contribution in [2.24, 2.45) is 0 Å². The van der Waals surface area contributed by atoms with Crippen molar-refractivity contribution >= 4 is 21.4 Å². The van der Waals surface area contributed by atoms with E-state index in [0.717, 1.165) is 17.7 Å². The lowest BCUT2D eigenvalue weighted by Crippen LogP contribution is -2.27. The maximum atomic E-state index is 11.8. The minimum atomic E-state index is -3.17. The molecule has 0 aliphatic carbocycles. The van der Waals surface area contributed by atoms with E-state index >= 15 is 0 Å². The van der Waals surface area contributed by atoms with Gasteiger partial charge in [-0.1, -0.05) is 13.8 Å². The van der Waals surface area contributed by atoms with E-state index in [9.17, 15) is 13.2 Å². The van der Waals surface area contributed by atoms with E-state index in [1.165, 1.54) is 0 Å². The second-order valence-corrected chi connectivity index (χ2v) is 6.62. The number of benzene rings is 1. The number of amides is 1. The van der Waals surface area contributed by atoms with Crippen molar-refractivity contribution < 1.29 is 13.2 Å². The Morgan fingerprint density at radius 2 is 2.06 bits per heavy atom. The van der Waals surface area contributed by atoms with Crippen LogP contribution in [0.4, 0.5) is 5.69 Å². The van der Waals surface area contributed by atoms with E-state index < -0.39 is 9.84 Å². The number of rotatable bonds is 3. The molecule has 1 aromatic carbocycles. The first-order chi connectivity index (χ1) is 8.49. The Kier molecular flexibility index (Phi) is 3.43. The number of nitrogens with zero attached hydrogens (tertiary/aromatic N) is 1. The molecule has 0 bridgehead atoms. The van der Waals surface area contributed by atoms with E-state index in [2.05, 4.69) is 0 Å². The largest absolute Gasteiger partial charge is 0.312 e.